The third-order valence-corrected chi connectivity index (χ3v) is 3.34. The number of fused-ring (bicyclic) bond motifs is 1. The van der Waals surface area contributed by atoms with E-state index in [0.29, 0.717) is 0 Å². The molecular formula is C11H12F2N4O3. The van der Waals surface area contributed by atoms with Crippen LogP contribution in [0.2, 0.25) is 0 Å². The lowest BCUT2D eigenvalue weighted by molar-refractivity contribution is -0.0459. The highest BCUT2D eigenvalue weighted by molar-refractivity contribution is 5.86. The molecule has 2 aromatic rings. The van der Waals surface area contributed by atoms with E-state index in [1.54, 1.807) is 0 Å². The topological polar surface area (TPSA) is 106 Å². The average molecular weight is 286 g/mol. The Balaban J connectivity index is 2.10. The number of rotatable bonds is 2. The van der Waals surface area contributed by atoms with Gasteiger partial charge in [-0.05, 0) is 0 Å². The zero-order valence-electron chi connectivity index (χ0n) is 10.1. The van der Waals surface area contributed by atoms with Gasteiger partial charge >= 0.3 is 0 Å². The summed E-state index contributed by atoms with van der Waals surface area (Å²) in [5.74, 6) is -0.783. The molecule has 4 N–H and O–H groups in total. The van der Waals surface area contributed by atoms with Gasteiger partial charge in [-0.15, -0.1) is 0 Å². The first kappa shape index (κ1) is 13.2. The number of nitrogens with zero attached hydrogens (tertiary/aromatic N) is 3. The van der Waals surface area contributed by atoms with Crippen molar-refractivity contribution in [2.24, 2.45) is 0 Å². The molecular weight excluding hydrogens is 274 g/mol. The second-order valence-electron chi connectivity index (χ2n) is 4.52. The summed E-state index contributed by atoms with van der Waals surface area (Å²) in [5, 5.41) is 18.6. The fourth-order valence-electron chi connectivity index (χ4n) is 2.33. The van der Waals surface area contributed by atoms with E-state index in [0.717, 1.165) is 17.1 Å². The Kier molecular flexibility index (Phi) is 3.04. The first-order valence-electron chi connectivity index (χ1n) is 5.89. The molecule has 4 atom stereocenters. The van der Waals surface area contributed by atoms with Gasteiger partial charge in [0.2, 0.25) is 0 Å². The lowest BCUT2D eigenvalue weighted by Gasteiger charge is -2.15. The minimum absolute atomic E-state index is 0.0368. The Morgan fingerprint density at radius 3 is 2.85 bits per heavy atom. The lowest BCUT2D eigenvalue weighted by atomic mass is 10.1. The lowest BCUT2D eigenvalue weighted by Crippen LogP contribution is -2.30. The van der Waals surface area contributed by atoms with Crippen LogP contribution in [0, 0.1) is 5.82 Å². The van der Waals surface area contributed by atoms with Crippen LogP contribution in [0.25, 0.3) is 11.0 Å². The fourth-order valence-corrected chi connectivity index (χ4v) is 2.33. The van der Waals surface area contributed by atoms with Gasteiger partial charge in [-0.25, -0.2) is 18.7 Å². The highest BCUT2D eigenvalue weighted by Gasteiger charge is 2.45. The molecule has 108 valence electrons. The monoisotopic (exact) mass is 286 g/mol. The summed E-state index contributed by atoms with van der Waals surface area (Å²) >= 11 is 0. The number of alkyl halides is 1. The van der Waals surface area contributed by atoms with Crippen LogP contribution >= 0.6 is 0 Å². The molecule has 0 aliphatic carbocycles. The van der Waals surface area contributed by atoms with Gasteiger partial charge < -0.3 is 20.7 Å². The van der Waals surface area contributed by atoms with Gasteiger partial charge in [-0.2, -0.15) is 0 Å². The van der Waals surface area contributed by atoms with E-state index in [2.05, 4.69) is 9.97 Å². The number of aromatic nitrogens is 3. The first-order valence-corrected chi connectivity index (χ1v) is 5.89. The highest BCUT2D eigenvalue weighted by Crippen LogP contribution is 2.35. The van der Waals surface area contributed by atoms with Gasteiger partial charge in [0.25, 0.3) is 0 Å². The Bertz CT molecular complexity index is 650. The molecule has 1 aliphatic heterocycles. The molecule has 0 radical (unpaired) electrons. The van der Waals surface area contributed by atoms with E-state index in [1.807, 2.05) is 0 Å². The van der Waals surface area contributed by atoms with Gasteiger partial charge in [0.05, 0.1) is 12.0 Å². The van der Waals surface area contributed by atoms with Crippen molar-refractivity contribution in [1.29, 1.82) is 0 Å². The van der Waals surface area contributed by atoms with Crippen LogP contribution < -0.4 is 5.73 Å². The summed E-state index contributed by atoms with van der Waals surface area (Å²) in [7, 11) is 0. The molecule has 0 saturated carbocycles. The van der Waals surface area contributed by atoms with E-state index in [4.69, 9.17) is 15.6 Å². The second-order valence-corrected chi connectivity index (χ2v) is 4.52. The molecule has 1 fully saturated rings. The van der Waals surface area contributed by atoms with Crippen molar-refractivity contribution in [3.8, 4) is 0 Å². The van der Waals surface area contributed by atoms with Crippen molar-refractivity contribution >= 4 is 16.9 Å². The molecule has 20 heavy (non-hydrogen) atoms. The third kappa shape index (κ3) is 1.74. The summed E-state index contributed by atoms with van der Waals surface area (Å²) < 4.78 is 34.2. The SMILES string of the molecule is Nc1ncnc2c1c(F)cn2[C@@H]1O[C@H](CO)[C@@H](O)[C@@H]1F. The van der Waals surface area contributed by atoms with Crippen molar-refractivity contribution in [2.75, 3.05) is 12.3 Å². The number of ether oxygens (including phenoxy) is 1. The molecule has 9 heteroatoms. The maximum Gasteiger partial charge on any atom is 0.173 e. The van der Waals surface area contributed by atoms with E-state index in [-0.39, 0.29) is 16.9 Å². The smallest absolute Gasteiger partial charge is 0.173 e. The molecule has 3 rings (SSSR count). The number of hydrogen-bond acceptors (Lipinski definition) is 6. The van der Waals surface area contributed by atoms with Crippen molar-refractivity contribution in [3.05, 3.63) is 18.3 Å². The first-order chi connectivity index (χ1) is 9.54. The summed E-state index contributed by atoms with van der Waals surface area (Å²) in [6, 6.07) is 0. The maximum atomic E-state index is 14.0. The predicted octanol–water partition coefficient (Wildman–Crippen LogP) is -0.259. The van der Waals surface area contributed by atoms with Gasteiger partial charge in [-0.3, -0.25) is 4.57 Å². The number of nitrogens with two attached hydrogens (primary N) is 1. The van der Waals surface area contributed by atoms with E-state index in [9.17, 15) is 13.9 Å². The van der Waals surface area contributed by atoms with Gasteiger partial charge in [0.15, 0.2) is 23.9 Å². The molecule has 3 heterocycles. The van der Waals surface area contributed by atoms with Crippen molar-refractivity contribution in [3.63, 3.8) is 0 Å². The van der Waals surface area contributed by atoms with E-state index < -0.39 is 37.0 Å². The Labute approximate surface area is 111 Å². The molecule has 7 nitrogen and oxygen atoms in total. The minimum atomic E-state index is -1.82. The molecule has 0 bridgehead atoms. The molecule has 0 aromatic carbocycles. The van der Waals surface area contributed by atoms with E-state index in [1.165, 1.54) is 0 Å². The zero-order chi connectivity index (χ0) is 14.4. The third-order valence-electron chi connectivity index (χ3n) is 3.34. The molecule has 1 aliphatic rings. The van der Waals surface area contributed by atoms with Crippen LogP contribution in [0.3, 0.4) is 0 Å². The number of halogens is 2. The molecule has 2 aromatic heterocycles. The van der Waals surface area contributed by atoms with Crippen LogP contribution in [0.15, 0.2) is 12.5 Å². The van der Waals surface area contributed by atoms with Crippen LogP contribution in [0.1, 0.15) is 6.23 Å². The number of anilines is 1. The van der Waals surface area contributed by atoms with Crippen molar-refractivity contribution < 1.29 is 23.7 Å². The van der Waals surface area contributed by atoms with Crippen molar-refractivity contribution in [1.82, 2.24) is 14.5 Å². The quantitative estimate of drug-likeness (QED) is 0.702. The molecule has 1 saturated heterocycles. The summed E-state index contributed by atoms with van der Waals surface area (Å²) in [5.41, 5.74) is 5.62. The number of hydrogen-bond donors (Lipinski definition) is 3. The summed E-state index contributed by atoms with van der Waals surface area (Å²) in [6.07, 6.45) is -3.57. The zero-order valence-corrected chi connectivity index (χ0v) is 10.1. The number of aliphatic hydroxyl groups is 2. The average Bonchev–Trinajstić information content (AvgIpc) is 2.90. The van der Waals surface area contributed by atoms with Crippen LogP contribution in [0.4, 0.5) is 14.6 Å². The highest BCUT2D eigenvalue weighted by atomic mass is 19.1. The van der Waals surface area contributed by atoms with Gasteiger partial charge in [0, 0.05) is 6.20 Å². The normalized spacial score (nSPS) is 30.2. The summed E-state index contributed by atoms with van der Waals surface area (Å²) in [4.78, 5) is 7.52. The number of nitrogen functional groups attached to an aromatic ring is 1. The second kappa shape index (κ2) is 4.62. The molecule has 0 spiro atoms. The van der Waals surface area contributed by atoms with Crippen LogP contribution in [-0.4, -0.2) is 49.7 Å². The standard InChI is InChI=1S/C11H12F2N4O3/c12-4-1-17(10-6(4)9(14)15-3-16-10)11-7(13)8(19)5(2-18)20-11/h1,3,5,7-8,11,18-19H,2H2,(H2,14,15,16)/t5-,7+,8-,11-/m1/s1. The summed E-state index contributed by atoms with van der Waals surface area (Å²) in [6.45, 7) is -0.545. The minimum Gasteiger partial charge on any atom is -0.394 e. The Morgan fingerprint density at radius 1 is 1.45 bits per heavy atom. The maximum absolute atomic E-state index is 14.0. The van der Waals surface area contributed by atoms with Gasteiger partial charge in [0.1, 0.15) is 24.4 Å². The largest absolute Gasteiger partial charge is 0.394 e. The fraction of sp³-hybridized carbons (Fsp3) is 0.455. The predicted molar refractivity (Wildman–Crippen MR) is 63.8 cm³/mol. The van der Waals surface area contributed by atoms with Crippen molar-refractivity contribution in [2.45, 2.75) is 24.6 Å². The Hall–Kier alpha value is -1.84. The van der Waals surface area contributed by atoms with Gasteiger partial charge in [-0.1, -0.05) is 0 Å². The number of aliphatic hydroxyl groups excluding tert-OH is 2. The molecule has 0 unspecified atom stereocenters. The molecule has 0 amide bonds. The van der Waals surface area contributed by atoms with Crippen LogP contribution in [0.5, 0.6) is 0 Å². The van der Waals surface area contributed by atoms with Crippen LogP contribution in [-0.2, 0) is 4.74 Å². The van der Waals surface area contributed by atoms with E-state index >= 15 is 0 Å². The Morgan fingerprint density at radius 2 is 2.20 bits per heavy atom.